The van der Waals surface area contributed by atoms with Crippen molar-refractivity contribution in [2.24, 2.45) is 5.73 Å². The number of benzene rings is 1. The average Bonchev–Trinajstić information content (AvgIpc) is 2.30. The van der Waals surface area contributed by atoms with Crippen molar-refractivity contribution in [1.29, 1.82) is 0 Å². The summed E-state index contributed by atoms with van der Waals surface area (Å²) in [4.78, 5) is 13.1. The first kappa shape index (κ1) is 15.5. The van der Waals surface area contributed by atoms with Crippen LogP contribution in [-0.4, -0.2) is 24.2 Å². The maximum Gasteiger partial charge on any atom is 0.415 e. The number of carbonyl (C=O) groups is 1. The molecule has 0 saturated carbocycles. The molecule has 1 aromatic carbocycles. The van der Waals surface area contributed by atoms with Crippen LogP contribution in [0.3, 0.4) is 0 Å². The Balaban J connectivity index is 3.19. The number of carbonyl (C=O) groups excluding carboxylic acids is 1. The Morgan fingerprint density at radius 3 is 2.26 bits per heavy atom. The van der Waals surface area contributed by atoms with Crippen molar-refractivity contribution in [1.82, 2.24) is 0 Å². The number of anilines is 1. The first-order chi connectivity index (χ1) is 8.63. The van der Waals surface area contributed by atoms with Crippen LogP contribution in [0.5, 0.6) is 0 Å². The van der Waals surface area contributed by atoms with Gasteiger partial charge >= 0.3 is 6.18 Å². The minimum atomic E-state index is -4.79. The molecule has 0 radical (unpaired) electrons. The molecule has 3 nitrogen and oxygen atoms in total. The summed E-state index contributed by atoms with van der Waals surface area (Å²) in [7, 11) is 0. The topological polar surface area (TPSA) is 46.3 Å². The SMILES string of the molecule is CCN(C(=O)C(C)(N)C(F)(F)F)c1ccccc1C. The quantitative estimate of drug-likeness (QED) is 0.921. The molecule has 1 atom stereocenters. The molecule has 0 bridgehead atoms. The summed E-state index contributed by atoms with van der Waals surface area (Å²) in [5.74, 6) is -1.16. The Morgan fingerprint density at radius 1 is 1.32 bits per heavy atom. The summed E-state index contributed by atoms with van der Waals surface area (Å²) in [5.41, 5.74) is 3.45. The van der Waals surface area contributed by atoms with Crippen molar-refractivity contribution in [3.63, 3.8) is 0 Å². The van der Waals surface area contributed by atoms with Crippen LogP contribution in [0, 0.1) is 6.92 Å². The van der Waals surface area contributed by atoms with Gasteiger partial charge in [0.2, 0.25) is 0 Å². The van der Waals surface area contributed by atoms with Crippen LogP contribution in [-0.2, 0) is 4.79 Å². The third kappa shape index (κ3) is 2.89. The summed E-state index contributed by atoms with van der Waals surface area (Å²) in [6.45, 7) is 4.15. The number of hydrogen-bond acceptors (Lipinski definition) is 2. The van der Waals surface area contributed by atoms with E-state index in [9.17, 15) is 18.0 Å². The second kappa shape index (κ2) is 5.21. The summed E-state index contributed by atoms with van der Waals surface area (Å²) in [6, 6.07) is 6.75. The molecule has 0 spiro atoms. The van der Waals surface area contributed by atoms with Crippen LogP contribution >= 0.6 is 0 Å². The second-order valence-electron chi connectivity index (χ2n) is 4.54. The number of para-hydroxylation sites is 1. The van der Waals surface area contributed by atoms with Crippen LogP contribution in [0.4, 0.5) is 18.9 Å². The van der Waals surface area contributed by atoms with E-state index in [4.69, 9.17) is 5.73 Å². The number of alkyl halides is 3. The lowest BCUT2D eigenvalue weighted by Gasteiger charge is -2.33. The van der Waals surface area contributed by atoms with Crippen LogP contribution < -0.4 is 10.6 Å². The number of nitrogens with zero attached hydrogens (tertiary/aromatic N) is 1. The molecular weight excluding hydrogens is 257 g/mol. The second-order valence-corrected chi connectivity index (χ2v) is 4.54. The van der Waals surface area contributed by atoms with Crippen LogP contribution in [0.2, 0.25) is 0 Å². The number of hydrogen-bond donors (Lipinski definition) is 1. The normalized spacial score (nSPS) is 14.9. The fourth-order valence-corrected chi connectivity index (χ4v) is 1.69. The Bertz CT molecular complexity index is 469. The van der Waals surface area contributed by atoms with Gasteiger partial charge in [-0.2, -0.15) is 13.2 Å². The number of nitrogens with two attached hydrogens (primary N) is 1. The lowest BCUT2D eigenvalue weighted by molar-refractivity contribution is -0.185. The van der Waals surface area contributed by atoms with Gasteiger partial charge < -0.3 is 10.6 Å². The van der Waals surface area contributed by atoms with E-state index in [2.05, 4.69) is 0 Å². The highest BCUT2D eigenvalue weighted by Gasteiger charge is 2.55. The standard InChI is InChI=1S/C13H17F3N2O/c1-4-18(10-8-6-5-7-9(10)2)11(19)12(3,17)13(14,15)16/h5-8H,4,17H2,1-3H3. The van der Waals surface area contributed by atoms with Gasteiger partial charge in [0.05, 0.1) is 0 Å². The van der Waals surface area contributed by atoms with Crippen molar-refractivity contribution < 1.29 is 18.0 Å². The van der Waals surface area contributed by atoms with Gasteiger partial charge in [-0.1, -0.05) is 18.2 Å². The van der Waals surface area contributed by atoms with E-state index >= 15 is 0 Å². The van der Waals surface area contributed by atoms with Crippen molar-refractivity contribution in [2.75, 3.05) is 11.4 Å². The molecule has 0 aromatic heterocycles. The van der Waals surface area contributed by atoms with E-state index in [1.807, 2.05) is 0 Å². The molecule has 0 fully saturated rings. The Kier molecular flexibility index (Phi) is 4.25. The van der Waals surface area contributed by atoms with E-state index in [-0.39, 0.29) is 6.54 Å². The fourth-order valence-electron chi connectivity index (χ4n) is 1.69. The molecular formula is C13H17F3N2O. The Labute approximate surface area is 110 Å². The zero-order valence-electron chi connectivity index (χ0n) is 11.1. The monoisotopic (exact) mass is 274 g/mol. The van der Waals surface area contributed by atoms with Crippen molar-refractivity contribution >= 4 is 11.6 Å². The Hall–Kier alpha value is -1.56. The lowest BCUT2D eigenvalue weighted by atomic mass is 10.00. The predicted molar refractivity (Wildman–Crippen MR) is 67.9 cm³/mol. The van der Waals surface area contributed by atoms with E-state index in [1.165, 1.54) is 0 Å². The van der Waals surface area contributed by atoms with Crippen molar-refractivity contribution in [3.05, 3.63) is 29.8 Å². The molecule has 1 unspecified atom stereocenters. The van der Waals surface area contributed by atoms with Gasteiger partial charge in [-0.3, -0.25) is 4.79 Å². The summed E-state index contributed by atoms with van der Waals surface area (Å²) in [6.07, 6.45) is -4.79. The summed E-state index contributed by atoms with van der Waals surface area (Å²) < 4.78 is 38.5. The highest BCUT2D eigenvalue weighted by atomic mass is 19.4. The average molecular weight is 274 g/mol. The molecule has 0 aliphatic rings. The summed E-state index contributed by atoms with van der Waals surface area (Å²) in [5, 5.41) is 0. The fraction of sp³-hybridized carbons (Fsp3) is 0.462. The maximum absolute atomic E-state index is 12.8. The molecule has 2 N–H and O–H groups in total. The number of amides is 1. The number of halogens is 3. The van der Waals surface area contributed by atoms with Gasteiger partial charge in [0.1, 0.15) is 0 Å². The van der Waals surface area contributed by atoms with E-state index in [1.54, 1.807) is 38.1 Å². The van der Waals surface area contributed by atoms with E-state index < -0.39 is 17.6 Å². The third-order valence-electron chi connectivity index (χ3n) is 3.00. The van der Waals surface area contributed by atoms with Gasteiger partial charge in [0, 0.05) is 12.2 Å². The van der Waals surface area contributed by atoms with Gasteiger partial charge in [-0.25, -0.2) is 0 Å². The Morgan fingerprint density at radius 2 is 1.84 bits per heavy atom. The zero-order chi connectivity index (χ0) is 14.8. The zero-order valence-corrected chi connectivity index (χ0v) is 11.1. The van der Waals surface area contributed by atoms with Crippen LogP contribution in [0.15, 0.2) is 24.3 Å². The smallest absolute Gasteiger partial charge is 0.311 e. The number of likely N-dealkylation sites (N-methyl/N-ethyl adjacent to an activating group) is 1. The van der Waals surface area contributed by atoms with Gasteiger partial charge in [0.25, 0.3) is 5.91 Å². The third-order valence-corrected chi connectivity index (χ3v) is 3.00. The lowest BCUT2D eigenvalue weighted by Crippen LogP contribution is -2.62. The maximum atomic E-state index is 12.8. The van der Waals surface area contributed by atoms with Crippen LogP contribution in [0.1, 0.15) is 19.4 Å². The molecule has 1 aromatic rings. The number of rotatable bonds is 3. The van der Waals surface area contributed by atoms with Crippen LogP contribution in [0.25, 0.3) is 0 Å². The molecule has 0 aliphatic heterocycles. The number of aryl methyl sites for hydroxylation is 1. The predicted octanol–water partition coefficient (Wildman–Crippen LogP) is 2.63. The molecule has 1 amide bonds. The molecule has 1 rings (SSSR count). The largest absolute Gasteiger partial charge is 0.415 e. The van der Waals surface area contributed by atoms with E-state index in [0.717, 1.165) is 10.5 Å². The summed E-state index contributed by atoms with van der Waals surface area (Å²) >= 11 is 0. The molecule has 106 valence electrons. The van der Waals surface area contributed by atoms with E-state index in [0.29, 0.717) is 12.6 Å². The molecule has 0 heterocycles. The highest BCUT2D eigenvalue weighted by molar-refractivity contribution is 6.00. The highest BCUT2D eigenvalue weighted by Crippen LogP contribution is 2.31. The van der Waals surface area contributed by atoms with Gasteiger partial charge in [-0.05, 0) is 32.4 Å². The minimum absolute atomic E-state index is 0.118. The molecule has 19 heavy (non-hydrogen) atoms. The van der Waals surface area contributed by atoms with Crippen molar-refractivity contribution in [3.8, 4) is 0 Å². The van der Waals surface area contributed by atoms with Gasteiger partial charge in [-0.15, -0.1) is 0 Å². The first-order valence-corrected chi connectivity index (χ1v) is 5.86. The molecule has 0 saturated heterocycles. The molecule has 6 heteroatoms. The van der Waals surface area contributed by atoms with Crippen molar-refractivity contribution in [2.45, 2.75) is 32.5 Å². The van der Waals surface area contributed by atoms with Gasteiger partial charge in [0.15, 0.2) is 5.54 Å². The minimum Gasteiger partial charge on any atom is -0.311 e. The first-order valence-electron chi connectivity index (χ1n) is 5.86. The molecule has 0 aliphatic carbocycles.